The highest BCUT2D eigenvalue weighted by Crippen LogP contribution is 2.18. The SMILES string of the molecule is ONC=Nc1ccc(OCc2ccccn2)cc1. The van der Waals surface area contributed by atoms with Gasteiger partial charge < -0.3 is 4.74 Å². The molecule has 2 rings (SSSR count). The van der Waals surface area contributed by atoms with Crippen molar-refractivity contribution in [3.63, 3.8) is 0 Å². The summed E-state index contributed by atoms with van der Waals surface area (Å²) in [6.45, 7) is 0.432. The fourth-order valence-electron chi connectivity index (χ4n) is 1.37. The minimum Gasteiger partial charge on any atom is -0.487 e. The maximum Gasteiger partial charge on any atom is 0.130 e. The quantitative estimate of drug-likeness (QED) is 0.480. The predicted molar refractivity (Wildman–Crippen MR) is 68.1 cm³/mol. The van der Waals surface area contributed by atoms with Gasteiger partial charge in [0.2, 0.25) is 0 Å². The first kappa shape index (κ1) is 12.1. The van der Waals surface area contributed by atoms with Crippen molar-refractivity contribution in [3.8, 4) is 5.75 Å². The number of nitrogens with zero attached hydrogens (tertiary/aromatic N) is 2. The van der Waals surface area contributed by atoms with Crippen LogP contribution < -0.4 is 10.2 Å². The van der Waals surface area contributed by atoms with Crippen LogP contribution in [0.4, 0.5) is 5.69 Å². The van der Waals surface area contributed by atoms with Gasteiger partial charge in [0.15, 0.2) is 0 Å². The van der Waals surface area contributed by atoms with Gasteiger partial charge in [-0.15, -0.1) is 0 Å². The molecule has 5 heteroatoms. The van der Waals surface area contributed by atoms with E-state index in [-0.39, 0.29) is 0 Å². The molecule has 0 aliphatic carbocycles. The number of hydrogen-bond donors (Lipinski definition) is 2. The van der Waals surface area contributed by atoms with Crippen molar-refractivity contribution in [1.29, 1.82) is 0 Å². The van der Waals surface area contributed by atoms with Crippen molar-refractivity contribution in [2.45, 2.75) is 6.61 Å². The van der Waals surface area contributed by atoms with Gasteiger partial charge in [-0.05, 0) is 36.4 Å². The Bertz CT molecular complexity index is 497. The van der Waals surface area contributed by atoms with E-state index >= 15 is 0 Å². The molecule has 1 aromatic carbocycles. The lowest BCUT2D eigenvalue weighted by atomic mass is 10.3. The van der Waals surface area contributed by atoms with E-state index in [0.29, 0.717) is 6.61 Å². The van der Waals surface area contributed by atoms with Crippen LogP contribution in [-0.4, -0.2) is 16.5 Å². The van der Waals surface area contributed by atoms with Crippen molar-refractivity contribution in [1.82, 2.24) is 10.5 Å². The summed E-state index contributed by atoms with van der Waals surface area (Å²) in [6.07, 6.45) is 2.93. The average molecular weight is 243 g/mol. The molecule has 1 heterocycles. The maximum atomic E-state index is 8.36. The highest BCUT2D eigenvalue weighted by molar-refractivity contribution is 5.59. The summed E-state index contributed by atoms with van der Waals surface area (Å²) >= 11 is 0. The normalized spacial score (nSPS) is 10.5. The summed E-state index contributed by atoms with van der Waals surface area (Å²) < 4.78 is 5.57. The third kappa shape index (κ3) is 3.57. The first-order chi connectivity index (χ1) is 8.88. The van der Waals surface area contributed by atoms with Crippen LogP contribution in [0.15, 0.2) is 53.7 Å². The van der Waals surface area contributed by atoms with Gasteiger partial charge in [-0.25, -0.2) is 4.99 Å². The molecule has 1 aromatic heterocycles. The van der Waals surface area contributed by atoms with Crippen LogP contribution >= 0.6 is 0 Å². The van der Waals surface area contributed by atoms with Crippen LogP contribution in [-0.2, 0) is 6.61 Å². The summed E-state index contributed by atoms with van der Waals surface area (Å²) in [5.41, 5.74) is 3.45. The largest absolute Gasteiger partial charge is 0.487 e. The lowest BCUT2D eigenvalue weighted by Crippen LogP contribution is -2.00. The molecule has 0 saturated carbocycles. The van der Waals surface area contributed by atoms with Gasteiger partial charge in [0.1, 0.15) is 18.7 Å². The van der Waals surface area contributed by atoms with Gasteiger partial charge in [-0.2, -0.15) is 0 Å². The lowest BCUT2D eigenvalue weighted by molar-refractivity contribution is 0.240. The Morgan fingerprint density at radius 3 is 2.72 bits per heavy atom. The summed E-state index contributed by atoms with van der Waals surface area (Å²) in [5.74, 6) is 0.747. The zero-order valence-electron chi connectivity index (χ0n) is 9.65. The van der Waals surface area contributed by atoms with E-state index in [1.807, 2.05) is 35.8 Å². The van der Waals surface area contributed by atoms with Crippen molar-refractivity contribution in [3.05, 3.63) is 54.4 Å². The second-order valence-corrected chi connectivity index (χ2v) is 3.49. The number of nitrogens with one attached hydrogen (secondary N) is 1. The molecule has 0 amide bonds. The van der Waals surface area contributed by atoms with E-state index in [1.54, 1.807) is 18.3 Å². The molecule has 5 nitrogen and oxygen atoms in total. The maximum absolute atomic E-state index is 8.36. The summed E-state index contributed by atoms with van der Waals surface area (Å²) in [7, 11) is 0. The average Bonchev–Trinajstić information content (AvgIpc) is 2.45. The van der Waals surface area contributed by atoms with Gasteiger partial charge in [0.05, 0.1) is 11.4 Å². The Morgan fingerprint density at radius 1 is 1.22 bits per heavy atom. The molecule has 0 bridgehead atoms. The van der Waals surface area contributed by atoms with E-state index in [0.717, 1.165) is 17.1 Å². The predicted octanol–water partition coefficient (Wildman–Crippen LogP) is 2.30. The summed E-state index contributed by atoms with van der Waals surface area (Å²) in [5, 5.41) is 8.36. The number of ether oxygens (including phenoxy) is 1. The summed E-state index contributed by atoms with van der Waals surface area (Å²) in [4.78, 5) is 8.10. The van der Waals surface area contributed by atoms with Crippen molar-refractivity contribution < 1.29 is 9.94 Å². The van der Waals surface area contributed by atoms with Crippen LogP contribution in [0.25, 0.3) is 0 Å². The number of hydrogen-bond acceptors (Lipinski definition) is 4. The molecule has 2 N–H and O–H groups in total. The van der Waals surface area contributed by atoms with E-state index in [1.165, 1.54) is 6.34 Å². The van der Waals surface area contributed by atoms with Crippen LogP contribution in [0.2, 0.25) is 0 Å². The van der Waals surface area contributed by atoms with Gasteiger partial charge in [-0.3, -0.25) is 15.7 Å². The zero-order chi connectivity index (χ0) is 12.6. The lowest BCUT2D eigenvalue weighted by Gasteiger charge is -2.05. The van der Waals surface area contributed by atoms with Gasteiger partial charge in [0.25, 0.3) is 0 Å². The second kappa shape index (κ2) is 6.36. The molecule has 92 valence electrons. The molecular formula is C13H13N3O2. The standard InChI is InChI=1S/C13H13N3O2/c17-16-10-15-11-4-6-13(7-5-11)18-9-12-3-1-2-8-14-12/h1-8,10,17H,9H2,(H,15,16). The topological polar surface area (TPSA) is 66.7 Å². The van der Waals surface area contributed by atoms with Crippen LogP contribution in [0.5, 0.6) is 5.75 Å². The fraction of sp³-hybridized carbons (Fsp3) is 0.0769. The minimum absolute atomic E-state index is 0.432. The van der Waals surface area contributed by atoms with Crippen molar-refractivity contribution >= 4 is 12.0 Å². The molecule has 0 atom stereocenters. The molecule has 0 aliphatic heterocycles. The van der Waals surface area contributed by atoms with Crippen LogP contribution in [0.3, 0.4) is 0 Å². The highest BCUT2D eigenvalue weighted by Gasteiger charge is 1.96. The molecule has 0 saturated heterocycles. The Labute approximate surface area is 105 Å². The minimum atomic E-state index is 0.432. The van der Waals surface area contributed by atoms with E-state index in [2.05, 4.69) is 9.98 Å². The number of pyridine rings is 1. The Hall–Kier alpha value is -2.40. The fourth-order valence-corrected chi connectivity index (χ4v) is 1.37. The number of aliphatic imine (C=N–C) groups is 1. The van der Waals surface area contributed by atoms with Crippen molar-refractivity contribution in [2.24, 2.45) is 4.99 Å². The second-order valence-electron chi connectivity index (χ2n) is 3.49. The molecule has 18 heavy (non-hydrogen) atoms. The molecule has 0 unspecified atom stereocenters. The zero-order valence-corrected chi connectivity index (χ0v) is 9.65. The molecule has 0 spiro atoms. The first-order valence-corrected chi connectivity index (χ1v) is 5.43. The third-order valence-corrected chi connectivity index (χ3v) is 2.22. The molecular weight excluding hydrogens is 230 g/mol. The summed E-state index contributed by atoms with van der Waals surface area (Å²) in [6, 6.07) is 12.9. The first-order valence-electron chi connectivity index (χ1n) is 5.43. The van der Waals surface area contributed by atoms with Gasteiger partial charge in [-0.1, -0.05) is 6.07 Å². The molecule has 0 fully saturated rings. The van der Waals surface area contributed by atoms with Crippen molar-refractivity contribution in [2.75, 3.05) is 0 Å². The highest BCUT2D eigenvalue weighted by atomic mass is 16.5. The smallest absolute Gasteiger partial charge is 0.130 e. The third-order valence-electron chi connectivity index (χ3n) is 2.22. The number of benzene rings is 1. The monoisotopic (exact) mass is 243 g/mol. The van der Waals surface area contributed by atoms with Crippen LogP contribution in [0, 0.1) is 0 Å². The number of rotatable bonds is 5. The van der Waals surface area contributed by atoms with E-state index in [9.17, 15) is 0 Å². The van der Waals surface area contributed by atoms with E-state index < -0.39 is 0 Å². The van der Waals surface area contributed by atoms with E-state index in [4.69, 9.17) is 9.94 Å². The van der Waals surface area contributed by atoms with Crippen LogP contribution in [0.1, 0.15) is 5.69 Å². The Morgan fingerprint density at radius 2 is 2.06 bits per heavy atom. The molecule has 2 aromatic rings. The Balaban J connectivity index is 1.92. The number of hydroxylamine groups is 1. The Kier molecular flexibility index (Phi) is 4.27. The molecule has 0 radical (unpaired) electrons. The number of aromatic nitrogens is 1. The molecule has 0 aliphatic rings. The van der Waals surface area contributed by atoms with Gasteiger partial charge >= 0.3 is 0 Å². The van der Waals surface area contributed by atoms with Gasteiger partial charge in [0, 0.05) is 6.20 Å².